The number of aromatic hydroxyl groups is 1. The summed E-state index contributed by atoms with van der Waals surface area (Å²) in [4.78, 5) is 5.51. The fourth-order valence-electron chi connectivity index (χ4n) is 1.30. The molecule has 0 saturated heterocycles. The Bertz CT molecular complexity index is 436. The van der Waals surface area contributed by atoms with Gasteiger partial charge in [-0.1, -0.05) is 0 Å². The molecule has 0 atom stereocenters. The van der Waals surface area contributed by atoms with E-state index in [1.54, 1.807) is 23.5 Å². The minimum absolute atomic E-state index is 0.275. The largest absolute Gasteiger partial charge is 0.508 e. The summed E-state index contributed by atoms with van der Waals surface area (Å²) in [7, 11) is 0. The van der Waals surface area contributed by atoms with Crippen molar-refractivity contribution in [2.24, 2.45) is 5.73 Å². The summed E-state index contributed by atoms with van der Waals surface area (Å²) in [5.41, 5.74) is 6.50. The molecule has 0 radical (unpaired) electrons. The van der Waals surface area contributed by atoms with Crippen molar-refractivity contribution in [3.8, 4) is 16.3 Å². The number of hydrogen-bond acceptors (Lipinski definition) is 4. The summed E-state index contributed by atoms with van der Waals surface area (Å²) in [5, 5.41) is 10.1. The highest BCUT2D eigenvalue weighted by molar-refractivity contribution is 7.15. The molecule has 0 bridgehead atoms. The number of nitrogens with two attached hydrogens (primary N) is 1. The van der Waals surface area contributed by atoms with Gasteiger partial charge in [0.15, 0.2) is 0 Å². The van der Waals surface area contributed by atoms with Crippen molar-refractivity contribution in [3.63, 3.8) is 0 Å². The molecule has 78 valence electrons. The van der Waals surface area contributed by atoms with E-state index in [0.717, 1.165) is 17.0 Å². The first-order chi connectivity index (χ1) is 7.29. The van der Waals surface area contributed by atoms with Gasteiger partial charge in [-0.15, -0.1) is 11.3 Å². The van der Waals surface area contributed by atoms with Crippen LogP contribution in [0.3, 0.4) is 0 Å². The molecule has 0 aliphatic rings. The Kier molecular flexibility index (Phi) is 2.99. The maximum absolute atomic E-state index is 9.16. The molecule has 0 spiro atoms. The Morgan fingerprint density at radius 3 is 2.67 bits per heavy atom. The van der Waals surface area contributed by atoms with Crippen molar-refractivity contribution in [2.45, 2.75) is 6.42 Å². The van der Waals surface area contributed by atoms with Crippen molar-refractivity contribution in [1.29, 1.82) is 0 Å². The van der Waals surface area contributed by atoms with Crippen LogP contribution in [0.2, 0.25) is 0 Å². The van der Waals surface area contributed by atoms with Crippen molar-refractivity contribution in [1.82, 2.24) is 4.98 Å². The number of nitrogens with zero attached hydrogens (tertiary/aromatic N) is 1. The topological polar surface area (TPSA) is 59.1 Å². The van der Waals surface area contributed by atoms with E-state index in [2.05, 4.69) is 4.98 Å². The minimum atomic E-state index is 0.275. The van der Waals surface area contributed by atoms with Crippen LogP contribution in [0.1, 0.15) is 4.88 Å². The molecule has 2 rings (SSSR count). The Morgan fingerprint density at radius 2 is 2.00 bits per heavy atom. The number of hydrogen-bond donors (Lipinski definition) is 2. The molecule has 4 heteroatoms. The zero-order valence-electron chi connectivity index (χ0n) is 8.18. The van der Waals surface area contributed by atoms with Gasteiger partial charge >= 0.3 is 0 Å². The van der Waals surface area contributed by atoms with E-state index in [1.807, 2.05) is 18.3 Å². The molecule has 0 saturated carbocycles. The Labute approximate surface area is 92.2 Å². The predicted molar refractivity (Wildman–Crippen MR) is 62.0 cm³/mol. The molecule has 3 N–H and O–H groups in total. The molecule has 1 aromatic carbocycles. The highest BCUT2D eigenvalue weighted by Crippen LogP contribution is 2.26. The van der Waals surface area contributed by atoms with Crippen LogP contribution in [-0.4, -0.2) is 16.6 Å². The highest BCUT2D eigenvalue weighted by Gasteiger charge is 2.03. The Hall–Kier alpha value is -1.39. The van der Waals surface area contributed by atoms with Crippen molar-refractivity contribution in [3.05, 3.63) is 35.3 Å². The van der Waals surface area contributed by atoms with E-state index in [9.17, 15) is 0 Å². The van der Waals surface area contributed by atoms with E-state index in [0.29, 0.717) is 6.54 Å². The van der Waals surface area contributed by atoms with Crippen molar-refractivity contribution >= 4 is 11.3 Å². The lowest BCUT2D eigenvalue weighted by Crippen LogP contribution is -2.00. The van der Waals surface area contributed by atoms with Crippen LogP contribution in [0.25, 0.3) is 10.6 Å². The van der Waals surface area contributed by atoms with E-state index in [-0.39, 0.29) is 5.75 Å². The van der Waals surface area contributed by atoms with Crippen LogP contribution in [0.5, 0.6) is 5.75 Å². The van der Waals surface area contributed by atoms with Gasteiger partial charge < -0.3 is 10.8 Å². The van der Waals surface area contributed by atoms with Gasteiger partial charge in [0.05, 0.1) is 0 Å². The number of benzene rings is 1. The summed E-state index contributed by atoms with van der Waals surface area (Å²) in [5.74, 6) is 0.275. The number of phenolic OH excluding ortho intramolecular Hbond substituents is 1. The first-order valence-corrected chi connectivity index (χ1v) is 5.55. The molecule has 0 fully saturated rings. The zero-order chi connectivity index (χ0) is 10.7. The molecule has 15 heavy (non-hydrogen) atoms. The minimum Gasteiger partial charge on any atom is -0.508 e. The van der Waals surface area contributed by atoms with E-state index in [4.69, 9.17) is 10.8 Å². The van der Waals surface area contributed by atoms with Gasteiger partial charge in [-0.25, -0.2) is 4.98 Å². The third kappa shape index (κ3) is 2.34. The quantitative estimate of drug-likeness (QED) is 0.832. The van der Waals surface area contributed by atoms with Crippen LogP contribution >= 0.6 is 11.3 Å². The summed E-state index contributed by atoms with van der Waals surface area (Å²) < 4.78 is 0. The summed E-state index contributed by atoms with van der Waals surface area (Å²) in [6, 6.07) is 7.06. The monoisotopic (exact) mass is 220 g/mol. The van der Waals surface area contributed by atoms with Gasteiger partial charge in [0.25, 0.3) is 0 Å². The van der Waals surface area contributed by atoms with E-state index < -0.39 is 0 Å². The molecule has 0 aliphatic carbocycles. The summed E-state index contributed by atoms with van der Waals surface area (Å²) >= 11 is 1.64. The predicted octanol–water partition coefficient (Wildman–Crippen LogP) is 2.02. The average molecular weight is 220 g/mol. The molecule has 1 heterocycles. The van der Waals surface area contributed by atoms with Crippen LogP contribution in [0, 0.1) is 0 Å². The van der Waals surface area contributed by atoms with Gasteiger partial charge in [0.1, 0.15) is 10.8 Å². The number of phenols is 1. The summed E-state index contributed by atoms with van der Waals surface area (Å²) in [6.07, 6.45) is 2.73. The van der Waals surface area contributed by atoms with Gasteiger partial charge in [0, 0.05) is 16.6 Å². The van der Waals surface area contributed by atoms with Crippen molar-refractivity contribution < 1.29 is 5.11 Å². The third-order valence-corrected chi connectivity index (χ3v) is 3.16. The fraction of sp³-hybridized carbons (Fsp3) is 0.182. The molecule has 1 aromatic heterocycles. The zero-order valence-corrected chi connectivity index (χ0v) is 9.00. The molecule has 3 nitrogen and oxygen atoms in total. The maximum atomic E-state index is 9.16. The molecule has 0 amide bonds. The van der Waals surface area contributed by atoms with E-state index >= 15 is 0 Å². The lowest BCUT2D eigenvalue weighted by atomic mass is 10.2. The maximum Gasteiger partial charge on any atom is 0.123 e. The molecular weight excluding hydrogens is 208 g/mol. The Balaban J connectivity index is 2.25. The Morgan fingerprint density at radius 1 is 1.27 bits per heavy atom. The van der Waals surface area contributed by atoms with E-state index in [1.165, 1.54) is 4.88 Å². The lowest BCUT2D eigenvalue weighted by Gasteiger charge is -1.95. The summed E-state index contributed by atoms with van der Waals surface area (Å²) in [6.45, 7) is 0.650. The molecular formula is C11H12N2OS. The standard InChI is InChI=1S/C11H12N2OS/c12-6-5-10-7-13-11(15-10)8-1-3-9(14)4-2-8/h1-4,7,14H,5-6,12H2. The van der Waals surface area contributed by atoms with Gasteiger partial charge in [-0.2, -0.15) is 0 Å². The highest BCUT2D eigenvalue weighted by atomic mass is 32.1. The SMILES string of the molecule is NCCc1cnc(-c2ccc(O)cc2)s1. The van der Waals surface area contributed by atoms with Crippen LogP contribution in [0.4, 0.5) is 0 Å². The number of aromatic nitrogens is 1. The van der Waals surface area contributed by atoms with Crippen LogP contribution < -0.4 is 5.73 Å². The van der Waals surface area contributed by atoms with Crippen LogP contribution in [-0.2, 0) is 6.42 Å². The first kappa shape index (κ1) is 10.1. The lowest BCUT2D eigenvalue weighted by molar-refractivity contribution is 0.475. The molecule has 2 aromatic rings. The second-order valence-electron chi connectivity index (χ2n) is 3.22. The second kappa shape index (κ2) is 4.42. The average Bonchev–Trinajstić information content (AvgIpc) is 2.68. The first-order valence-electron chi connectivity index (χ1n) is 4.74. The smallest absolute Gasteiger partial charge is 0.123 e. The molecule has 0 aliphatic heterocycles. The number of thiazole rings is 1. The van der Waals surface area contributed by atoms with Crippen molar-refractivity contribution in [2.75, 3.05) is 6.54 Å². The van der Waals surface area contributed by atoms with Gasteiger partial charge in [0.2, 0.25) is 0 Å². The third-order valence-electron chi connectivity index (χ3n) is 2.06. The van der Waals surface area contributed by atoms with Gasteiger partial charge in [-0.05, 0) is 37.2 Å². The van der Waals surface area contributed by atoms with Gasteiger partial charge in [-0.3, -0.25) is 0 Å². The fourth-order valence-corrected chi connectivity index (χ4v) is 2.24. The normalized spacial score (nSPS) is 10.5. The molecule has 0 unspecified atom stereocenters. The van der Waals surface area contributed by atoms with Crippen LogP contribution in [0.15, 0.2) is 30.5 Å². The number of rotatable bonds is 3. The second-order valence-corrected chi connectivity index (χ2v) is 4.33.